The van der Waals surface area contributed by atoms with Gasteiger partial charge in [-0.1, -0.05) is 0 Å². The van der Waals surface area contributed by atoms with Crippen molar-refractivity contribution in [1.29, 1.82) is 0 Å². The van der Waals surface area contributed by atoms with Gasteiger partial charge in [0.1, 0.15) is 6.04 Å². The first-order valence-corrected chi connectivity index (χ1v) is 6.43. The van der Waals surface area contributed by atoms with E-state index >= 15 is 0 Å². The summed E-state index contributed by atoms with van der Waals surface area (Å²) in [6.45, 7) is 2.43. The Labute approximate surface area is 112 Å². The number of piperidine rings is 1. The van der Waals surface area contributed by atoms with Crippen molar-refractivity contribution in [3.63, 3.8) is 0 Å². The minimum atomic E-state index is -0.467. The first kappa shape index (κ1) is 13.6. The van der Waals surface area contributed by atoms with Crippen LogP contribution in [0.1, 0.15) is 35.3 Å². The largest absolute Gasteiger partial charge is 0.467 e. The molecule has 0 unspecified atom stereocenters. The molecular weight excluding hydrogens is 246 g/mol. The molecule has 2 rings (SSSR count). The lowest BCUT2D eigenvalue weighted by Crippen LogP contribution is -2.48. The normalized spacial score (nSPS) is 19.3. The number of nitrogens with zero attached hydrogens (tertiary/aromatic N) is 3. The van der Waals surface area contributed by atoms with E-state index in [9.17, 15) is 9.59 Å². The van der Waals surface area contributed by atoms with Crippen LogP contribution in [0.4, 0.5) is 0 Å². The molecule has 0 radical (unpaired) electrons. The third-order valence-electron chi connectivity index (χ3n) is 3.70. The van der Waals surface area contributed by atoms with Crippen molar-refractivity contribution in [1.82, 2.24) is 14.7 Å². The summed E-state index contributed by atoms with van der Waals surface area (Å²) in [5, 5.41) is 4.08. The molecule has 1 saturated heterocycles. The number of carbonyl (C=O) groups is 2. The summed E-state index contributed by atoms with van der Waals surface area (Å²) in [6.07, 6.45) is 4.08. The standard InChI is InChI=1S/C13H19N3O3/c1-9-10(8-14-15(9)2)12(17)16-7-5-4-6-11(16)13(18)19-3/h8,11H,4-7H2,1-3H3/t11-/m1/s1. The summed E-state index contributed by atoms with van der Waals surface area (Å²) in [5.41, 5.74) is 1.36. The summed E-state index contributed by atoms with van der Waals surface area (Å²) in [6, 6.07) is -0.467. The van der Waals surface area contributed by atoms with Gasteiger partial charge in [-0.3, -0.25) is 9.48 Å². The average Bonchev–Trinajstić information content (AvgIpc) is 2.77. The van der Waals surface area contributed by atoms with Crippen molar-refractivity contribution in [2.24, 2.45) is 7.05 Å². The second-order valence-corrected chi connectivity index (χ2v) is 4.80. The Morgan fingerprint density at radius 3 is 2.74 bits per heavy atom. The van der Waals surface area contributed by atoms with Crippen LogP contribution in [-0.4, -0.2) is 46.3 Å². The van der Waals surface area contributed by atoms with Crippen molar-refractivity contribution in [2.75, 3.05) is 13.7 Å². The summed E-state index contributed by atoms with van der Waals surface area (Å²) in [7, 11) is 3.15. The second kappa shape index (κ2) is 5.42. The highest BCUT2D eigenvalue weighted by molar-refractivity contribution is 5.97. The van der Waals surface area contributed by atoms with Crippen LogP contribution in [0.25, 0.3) is 0 Å². The predicted molar refractivity (Wildman–Crippen MR) is 68.6 cm³/mol. The van der Waals surface area contributed by atoms with E-state index in [0.717, 1.165) is 18.5 Å². The zero-order valence-electron chi connectivity index (χ0n) is 11.5. The minimum absolute atomic E-state index is 0.138. The van der Waals surface area contributed by atoms with Crippen molar-refractivity contribution in [3.8, 4) is 0 Å². The molecule has 2 heterocycles. The van der Waals surface area contributed by atoms with Gasteiger partial charge in [-0.05, 0) is 26.2 Å². The van der Waals surface area contributed by atoms with E-state index in [4.69, 9.17) is 4.74 Å². The van der Waals surface area contributed by atoms with Crippen molar-refractivity contribution in [3.05, 3.63) is 17.5 Å². The molecule has 1 atom stereocenters. The van der Waals surface area contributed by atoms with Crippen LogP contribution in [0.3, 0.4) is 0 Å². The van der Waals surface area contributed by atoms with E-state index in [0.29, 0.717) is 18.5 Å². The smallest absolute Gasteiger partial charge is 0.328 e. The molecule has 0 N–H and O–H groups in total. The third-order valence-corrected chi connectivity index (χ3v) is 3.70. The van der Waals surface area contributed by atoms with Gasteiger partial charge in [-0.25, -0.2) is 4.79 Å². The van der Waals surface area contributed by atoms with E-state index in [1.165, 1.54) is 7.11 Å². The summed E-state index contributed by atoms with van der Waals surface area (Å²) >= 11 is 0. The van der Waals surface area contributed by atoms with Gasteiger partial charge in [-0.2, -0.15) is 5.10 Å². The number of aromatic nitrogens is 2. The van der Waals surface area contributed by atoms with Crippen LogP contribution in [0, 0.1) is 6.92 Å². The van der Waals surface area contributed by atoms with E-state index in [1.54, 1.807) is 22.8 Å². The van der Waals surface area contributed by atoms with Crippen LogP contribution in [0.15, 0.2) is 6.20 Å². The summed E-state index contributed by atoms with van der Waals surface area (Å²) < 4.78 is 6.44. The van der Waals surface area contributed by atoms with Gasteiger partial charge < -0.3 is 9.64 Å². The van der Waals surface area contributed by atoms with E-state index < -0.39 is 6.04 Å². The van der Waals surface area contributed by atoms with Crippen LogP contribution in [0.5, 0.6) is 0 Å². The number of amides is 1. The van der Waals surface area contributed by atoms with Gasteiger partial charge in [0.25, 0.3) is 5.91 Å². The van der Waals surface area contributed by atoms with Gasteiger partial charge in [0.05, 0.1) is 18.9 Å². The molecule has 1 fully saturated rings. The number of likely N-dealkylation sites (tertiary alicyclic amines) is 1. The van der Waals surface area contributed by atoms with Crippen LogP contribution < -0.4 is 0 Å². The molecule has 1 aromatic heterocycles. The fourth-order valence-corrected chi connectivity index (χ4v) is 2.42. The average molecular weight is 265 g/mol. The van der Waals surface area contributed by atoms with E-state index in [2.05, 4.69) is 5.10 Å². The highest BCUT2D eigenvalue weighted by atomic mass is 16.5. The zero-order valence-corrected chi connectivity index (χ0v) is 11.5. The van der Waals surface area contributed by atoms with Crippen molar-refractivity contribution in [2.45, 2.75) is 32.2 Å². The number of hydrogen-bond acceptors (Lipinski definition) is 4. The predicted octanol–water partition coefficient (Wildman–Crippen LogP) is 0.896. The van der Waals surface area contributed by atoms with Gasteiger partial charge in [-0.15, -0.1) is 0 Å². The zero-order chi connectivity index (χ0) is 14.0. The maximum atomic E-state index is 12.5. The molecule has 19 heavy (non-hydrogen) atoms. The van der Waals surface area contributed by atoms with Crippen LogP contribution in [0.2, 0.25) is 0 Å². The third kappa shape index (κ3) is 2.47. The molecule has 0 bridgehead atoms. The molecule has 0 aromatic carbocycles. The Bertz CT molecular complexity index is 495. The molecule has 1 amide bonds. The van der Waals surface area contributed by atoms with Gasteiger partial charge in [0, 0.05) is 19.3 Å². The number of hydrogen-bond donors (Lipinski definition) is 0. The Kier molecular flexibility index (Phi) is 3.87. The molecular formula is C13H19N3O3. The maximum Gasteiger partial charge on any atom is 0.328 e. The first-order valence-electron chi connectivity index (χ1n) is 6.43. The Morgan fingerprint density at radius 2 is 2.16 bits per heavy atom. The Balaban J connectivity index is 2.25. The maximum absolute atomic E-state index is 12.5. The Hall–Kier alpha value is -1.85. The Morgan fingerprint density at radius 1 is 1.42 bits per heavy atom. The lowest BCUT2D eigenvalue weighted by molar-refractivity contribution is -0.147. The van der Waals surface area contributed by atoms with Gasteiger partial charge in [0.15, 0.2) is 0 Å². The molecule has 1 aromatic rings. The lowest BCUT2D eigenvalue weighted by Gasteiger charge is -2.33. The number of rotatable bonds is 2. The lowest BCUT2D eigenvalue weighted by atomic mass is 10.0. The molecule has 0 aliphatic carbocycles. The number of carbonyl (C=O) groups excluding carboxylic acids is 2. The number of aryl methyl sites for hydroxylation is 1. The summed E-state index contributed by atoms with van der Waals surface area (Å²) in [5.74, 6) is -0.477. The van der Waals surface area contributed by atoms with Crippen LogP contribution in [-0.2, 0) is 16.6 Å². The SMILES string of the molecule is COC(=O)[C@H]1CCCCN1C(=O)c1cnn(C)c1C. The molecule has 1 aliphatic rings. The van der Waals surface area contributed by atoms with Crippen molar-refractivity contribution >= 4 is 11.9 Å². The van der Waals surface area contributed by atoms with Gasteiger partial charge >= 0.3 is 5.97 Å². The fraction of sp³-hybridized carbons (Fsp3) is 0.615. The summed E-state index contributed by atoms with van der Waals surface area (Å²) in [4.78, 5) is 25.9. The quantitative estimate of drug-likeness (QED) is 0.745. The topological polar surface area (TPSA) is 64.4 Å². The van der Waals surface area contributed by atoms with Crippen molar-refractivity contribution < 1.29 is 14.3 Å². The van der Waals surface area contributed by atoms with Crippen LogP contribution >= 0.6 is 0 Å². The number of methoxy groups -OCH3 is 1. The molecule has 6 heteroatoms. The number of ether oxygens (including phenoxy) is 1. The molecule has 0 spiro atoms. The highest BCUT2D eigenvalue weighted by Crippen LogP contribution is 2.21. The molecule has 1 aliphatic heterocycles. The minimum Gasteiger partial charge on any atom is -0.467 e. The first-order chi connectivity index (χ1) is 9.06. The molecule has 6 nitrogen and oxygen atoms in total. The monoisotopic (exact) mass is 265 g/mol. The highest BCUT2D eigenvalue weighted by Gasteiger charge is 2.34. The van der Waals surface area contributed by atoms with E-state index in [-0.39, 0.29) is 11.9 Å². The van der Waals surface area contributed by atoms with E-state index in [1.807, 2.05) is 6.92 Å². The fourth-order valence-electron chi connectivity index (χ4n) is 2.42. The number of esters is 1. The van der Waals surface area contributed by atoms with Gasteiger partial charge in [0.2, 0.25) is 0 Å². The second-order valence-electron chi connectivity index (χ2n) is 4.80. The molecule has 104 valence electrons. The molecule has 0 saturated carbocycles.